The number of nitrogens with zero attached hydrogens (tertiary/aromatic N) is 2. The van der Waals surface area contributed by atoms with Crippen molar-refractivity contribution in [2.75, 3.05) is 13.2 Å². The number of ether oxygens (including phenoxy) is 2. The molecule has 3 rings (SSSR count). The highest BCUT2D eigenvalue weighted by atomic mass is 19.4. The molecule has 2 saturated heterocycles. The fourth-order valence-corrected chi connectivity index (χ4v) is 4.40. The Morgan fingerprint density at radius 2 is 1.86 bits per heavy atom. The Hall–Kier alpha value is -1.94. The first-order valence-electron chi connectivity index (χ1n) is 10.4. The standard InChI is InChI=1S/C22H29F3N2O2/c1-15(2)14-28-21-11-16(22(23,24)25)7-8-20(21)29-19-12-17-5-3-6-18(13-19)27(17)10-4-9-26/h7-8,11,15,17-19H,3-6,10,12-14H2,1-2H3/t17-,18+,19?. The smallest absolute Gasteiger partial charge is 0.416 e. The first kappa shape index (κ1) is 21.8. The van der Waals surface area contributed by atoms with Crippen molar-refractivity contribution in [3.05, 3.63) is 23.8 Å². The quantitative estimate of drug-likeness (QED) is 0.602. The van der Waals surface area contributed by atoms with E-state index in [0.717, 1.165) is 44.4 Å². The van der Waals surface area contributed by atoms with Gasteiger partial charge in [-0.1, -0.05) is 20.3 Å². The van der Waals surface area contributed by atoms with E-state index in [9.17, 15) is 13.2 Å². The van der Waals surface area contributed by atoms with E-state index in [-0.39, 0.29) is 17.8 Å². The van der Waals surface area contributed by atoms with Crippen LogP contribution >= 0.6 is 0 Å². The second kappa shape index (κ2) is 9.25. The van der Waals surface area contributed by atoms with Gasteiger partial charge >= 0.3 is 6.18 Å². The molecular weight excluding hydrogens is 381 g/mol. The molecule has 0 radical (unpaired) electrons. The van der Waals surface area contributed by atoms with Crippen molar-refractivity contribution in [1.82, 2.24) is 4.90 Å². The zero-order valence-corrected chi connectivity index (χ0v) is 17.0. The molecule has 0 N–H and O–H groups in total. The largest absolute Gasteiger partial charge is 0.489 e. The van der Waals surface area contributed by atoms with Crippen molar-refractivity contribution in [1.29, 1.82) is 5.26 Å². The van der Waals surface area contributed by atoms with E-state index in [0.29, 0.717) is 30.9 Å². The normalized spacial score (nSPS) is 24.9. The van der Waals surface area contributed by atoms with Crippen LogP contribution in [0.4, 0.5) is 13.2 Å². The molecule has 1 aromatic rings. The Kier molecular flexibility index (Phi) is 6.94. The second-order valence-corrected chi connectivity index (χ2v) is 8.46. The Bertz CT molecular complexity index is 716. The summed E-state index contributed by atoms with van der Waals surface area (Å²) in [5.41, 5.74) is -0.730. The zero-order chi connectivity index (χ0) is 21.0. The fourth-order valence-electron chi connectivity index (χ4n) is 4.40. The minimum absolute atomic E-state index is 0.0539. The molecular formula is C22H29F3N2O2. The van der Waals surface area contributed by atoms with Gasteiger partial charge < -0.3 is 9.47 Å². The molecule has 0 aliphatic carbocycles. The highest BCUT2D eigenvalue weighted by Crippen LogP contribution is 2.40. The fraction of sp³-hybridized carbons (Fsp3) is 0.682. The van der Waals surface area contributed by atoms with E-state index in [2.05, 4.69) is 11.0 Å². The number of fused-ring (bicyclic) bond motifs is 2. The third-order valence-electron chi connectivity index (χ3n) is 5.70. The number of alkyl halides is 3. The summed E-state index contributed by atoms with van der Waals surface area (Å²) in [4.78, 5) is 2.43. The lowest BCUT2D eigenvalue weighted by molar-refractivity contribution is -0.137. The summed E-state index contributed by atoms with van der Waals surface area (Å²) in [5, 5.41) is 8.91. The number of halogens is 3. The monoisotopic (exact) mass is 410 g/mol. The van der Waals surface area contributed by atoms with E-state index in [1.165, 1.54) is 12.5 Å². The van der Waals surface area contributed by atoms with Crippen LogP contribution in [0.25, 0.3) is 0 Å². The Labute approximate surface area is 170 Å². The molecule has 2 aliphatic rings. The van der Waals surface area contributed by atoms with E-state index in [1.807, 2.05) is 13.8 Å². The SMILES string of the molecule is CC(C)COc1cc(C(F)(F)F)ccc1OC1C[C@H]2CCC[C@@H](C1)N2CCC#N. The minimum Gasteiger partial charge on any atom is -0.489 e. The average molecular weight is 410 g/mol. The maximum Gasteiger partial charge on any atom is 0.416 e. The summed E-state index contributed by atoms with van der Waals surface area (Å²) in [6, 6.07) is 6.45. The van der Waals surface area contributed by atoms with Gasteiger partial charge in [-0.3, -0.25) is 4.90 Å². The number of benzene rings is 1. The highest BCUT2D eigenvalue weighted by Gasteiger charge is 2.39. The van der Waals surface area contributed by atoms with E-state index in [4.69, 9.17) is 14.7 Å². The molecule has 2 heterocycles. The predicted octanol–water partition coefficient (Wildman–Crippen LogP) is 5.42. The first-order valence-corrected chi connectivity index (χ1v) is 10.4. The van der Waals surface area contributed by atoms with Crippen molar-refractivity contribution in [2.45, 2.75) is 76.7 Å². The van der Waals surface area contributed by atoms with Gasteiger partial charge in [-0.2, -0.15) is 18.4 Å². The molecule has 2 bridgehead atoms. The van der Waals surface area contributed by atoms with Crippen LogP contribution in [0.1, 0.15) is 57.9 Å². The predicted molar refractivity (Wildman–Crippen MR) is 104 cm³/mol. The van der Waals surface area contributed by atoms with Gasteiger partial charge in [-0.25, -0.2) is 0 Å². The molecule has 0 spiro atoms. The molecule has 160 valence electrons. The minimum atomic E-state index is -4.42. The van der Waals surface area contributed by atoms with Crippen LogP contribution in [0.15, 0.2) is 18.2 Å². The summed E-state index contributed by atoms with van der Waals surface area (Å²) in [6.07, 6.45) is 1.02. The number of rotatable bonds is 7. The van der Waals surface area contributed by atoms with E-state index in [1.54, 1.807) is 0 Å². The van der Waals surface area contributed by atoms with Gasteiger partial charge in [-0.15, -0.1) is 0 Å². The molecule has 1 unspecified atom stereocenters. The van der Waals surface area contributed by atoms with Crippen LogP contribution in [0.5, 0.6) is 11.5 Å². The first-order chi connectivity index (χ1) is 13.8. The van der Waals surface area contributed by atoms with Gasteiger partial charge in [0.25, 0.3) is 0 Å². The third kappa shape index (κ3) is 5.57. The topological polar surface area (TPSA) is 45.5 Å². The van der Waals surface area contributed by atoms with Crippen molar-refractivity contribution in [3.63, 3.8) is 0 Å². The molecule has 3 atom stereocenters. The van der Waals surface area contributed by atoms with Crippen LogP contribution < -0.4 is 9.47 Å². The van der Waals surface area contributed by atoms with Gasteiger partial charge in [0, 0.05) is 25.0 Å². The Balaban J connectivity index is 1.74. The number of hydrogen-bond donors (Lipinski definition) is 0. The van der Waals surface area contributed by atoms with Gasteiger partial charge in [-0.05, 0) is 49.8 Å². The molecule has 0 aromatic heterocycles. The Morgan fingerprint density at radius 3 is 2.45 bits per heavy atom. The van der Waals surface area contributed by atoms with Crippen LogP contribution in [0, 0.1) is 17.2 Å². The van der Waals surface area contributed by atoms with Crippen molar-refractivity contribution in [2.24, 2.45) is 5.92 Å². The van der Waals surface area contributed by atoms with E-state index < -0.39 is 11.7 Å². The molecule has 2 aliphatic heterocycles. The summed E-state index contributed by atoms with van der Waals surface area (Å²) < 4.78 is 51.3. The van der Waals surface area contributed by atoms with Crippen molar-refractivity contribution >= 4 is 0 Å². The summed E-state index contributed by atoms with van der Waals surface area (Å²) in [7, 11) is 0. The third-order valence-corrected chi connectivity index (χ3v) is 5.70. The Morgan fingerprint density at radius 1 is 1.17 bits per heavy atom. The summed E-state index contributed by atoms with van der Waals surface area (Å²) in [6.45, 7) is 5.01. The van der Waals surface area contributed by atoms with Gasteiger partial charge in [0.1, 0.15) is 6.10 Å². The molecule has 7 heteroatoms. The molecule has 4 nitrogen and oxygen atoms in total. The number of nitriles is 1. The average Bonchev–Trinajstić information content (AvgIpc) is 2.64. The van der Waals surface area contributed by atoms with E-state index >= 15 is 0 Å². The lowest BCUT2D eigenvalue weighted by atomic mass is 9.82. The summed E-state index contributed by atoms with van der Waals surface area (Å²) >= 11 is 0. The molecule has 0 saturated carbocycles. The number of hydrogen-bond acceptors (Lipinski definition) is 4. The summed E-state index contributed by atoms with van der Waals surface area (Å²) in [5.74, 6) is 0.734. The maximum atomic E-state index is 13.1. The lowest BCUT2D eigenvalue weighted by Crippen LogP contribution is -2.54. The maximum absolute atomic E-state index is 13.1. The van der Waals surface area contributed by atoms with Gasteiger partial charge in [0.15, 0.2) is 11.5 Å². The van der Waals surface area contributed by atoms with Crippen LogP contribution in [-0.4, -0.2) is 36.2 Å². The van der Waals surface area contributed by atoms with Crippen LogP contribution in [0.3, 0.4) is 0 Å². The van der Waals surface area contributed by atoms with Crippen molar-refractivity contribution < 1.29 is 22.6 Å². The molecule has 2 fully saturated rings. The molecule has 1 aromatic carbocycles. The lowest BCUT2D eigenvalue weighted by Gasteiger charge is -2.48. The number of piperidine rings is 2. The van der Waals surface area contributed by atoms with Crippen molar-refractivity contribution in [3.8, 4) is 17.6 Å². The second-order valence-electron chi connectivity index (χ2n) is 8.46. The van der Waals surface area contributed by atoms with Gasteiger partial charge in [0.2, 0.25) is 0 Å². The van der Waals surface area contributed by atoms with Crippen LogP contribution in [0.2, 0.25) is 0 Å². The zero-order valence-electron chi connectivity index (χ0n) is 17.0. The van der Waals surface area contributed by atoms with Crippen LogP contribution in [-0.2, 0) is 6.18 Å². The van der Waals surface area contributed by atoms with Gasteiger partial charge in [0.05, 0.1) is 18.2 Å². The molecule has 29 heavy (non-hydrogen) atoms. The molecule has 0 amide bonds. The highest BCUT2D eigenvalue weighted by molar-refractivity contribution is 5.44.